The summed E-state index contributed by atoms with van der Waals surface area (Å²) < 4.78 is 5.48. The summed E-state index contributed by atoms with van der Waals surface area (Å²) >= 11 is 0. The molecule has 3 amide bonds. The van der Waals surface area contributed by atoms with Gasteiger partial charge in [-0.1, -0.05) is 35.9 Å². The Morgan fingerprint density at radius 1 is 1.26 bits per heavy atom. The van der Waals surface area contributed by atoms with E-state index in [9.17, 15) is 14.4 Å². The van der Waals surface area contributed by atoms with Crippen molar-refractivity contribution >= 4 is 17.9 Å². The molecule has 35 heavy (non-hydrogen) atoms. The average Bonchev–Trinajstić information content (AvgIpc) is 3.66. The Morgan fingerprint density at radius 3 is 2.66 bits per heavy atom. The van der Waals surface area contributed by atoms with Crippen LogP contribution in [0.5, 0.6) is 0 Å². The molecule has 0 spiro atoms. The van der Waals surface area contributed by atoms with Crippen molar-refractivity contribution in [3.63, 3.8) is 0 Å². The minimum atomic E-state index is -0.604. The van der Waals surface area contributed by atoms with E-state index in [1.807, 2.05) is 36.1 Å². The highest BCUT2D eigenvalue weighted by Crippen LogP contribution is 2.34. The summed E-state index contributed by atoms with van der Waals surface area (Å²) in [4.78, 5) is 45.0. The zero-order valence-corrected chi connectivity index (χ0v) is 21.0. The Labute approximate surface area is 207 Å². The van der Waals surface area contributed by atoms with Gasteiger partial charge in [-0.15, -0.1) is 6.58 Å². The van der Waals surface area contributed by atoms with Crippen LogP contribution in [0.4, 0.5) is 4.79 Å². The lowest BCUT2D eigenvalue weighted by atomic mass is 9.93. The topological polar surface area (TPSA) is 82.2 Å². The highest BCUT2D eigenvalue weighted by Gasteiger charge is 2.41. The van der Waals surface area contributed by atoms with E-state index in [1.54, 1.807) is 17.9 Å². The van der Waals surface area contributed by atoms with E-state index in [-0.39, 0.29) is 37.0 Å². The number of aryl methyl sites for hydroxylation is 1. The van der Waals surface area contributed by atoms with Gasteiger partial charge in [0.25, 0.3) is 0 Å². The first-order valence-electron chi connectivity index (χ1n) is 12.5. The van der Waals surface area contributed by atoms with Crippen LogP contribution >= 0.6 is 0 Å². The molecule has 0 radical (unpaired) electrons. The Kier molecular flexibility index (Phi) is 7.60. The standard InChI is InChI=1S/C27H36N4O4/c1-5-12-31-22(17-29-13-14-30(19(4)16-29)25(32)20-10-11-20)23(26(33)35-6-2)24(28-27(31)34)21-9-7-8-18(3)15-21/h5,7-9,15,19-20,24H,1,6,10-14,16-17H2,2-4H3,(H,28,34). The molecule has 188 valence electrons. The first-order valence-corrected chi connectivity index (χ1v) is 12.5. The number of carbonyl (C=O) groups excluding carboxylic acids is 3. The van der Waals surface area contributed by atoms with Crippen molar-refractivity contribution in [3.05, 3.63) is 59.3 Å². The van der Waals surface area contributed by atoms with E-state index in [2.05, 4.69) is 23.7 Å². The molecular formula is C27H36N4O4. The number of nitrogens with zero attached hydrogens (tertiary/aromatic N) is 3. The molecule has 8 nitrogen and oxygen atoms in total. The van der Waals surface area contributed by atoms with E-state index < -0.39 is 12.0 Å². The molecule has 0 aromatic heterocycles. The lowest BCUT2D eigenvalue weighted by Gasteiger charge is -2.43. The van der Waals surface area contributed by atoms with Gasteiger partial charge in [-0.2, -0.15) is 0 Å². The molecule has 2 atom stereocenters. The molecule has 1 aliphatic carbocycles. The molecule has 4 rings (SSSR count). The summed E-state index contributed by atoms with van der Waals surface area (Å²) in [5.74, 6) is 0.0226. The van der Waals surface area contributed by atoms with Gasteiger partial charge in [-0.25, -0.2) is 9.59 Å². The van der Waals surface area contributed by atoms with E-state index in [0.29, 0.717) is 37.4 Å². The Morgan fingerprint density at radius 2 is 2.03 bits per heavy atom. The van der Waals surface area contributed by atoms with Crippen LogP contribution in [0.15, 0.2) is 48.2 Å². The molecule has 8 heteroatoms. The minimum Gasteiger partial charge on any atom is -0.463 e. The van der Waals surface area contributed by atoms with Crippen molar-refractivity contribution in [3.8, 4) is 0 Å². The number of esters is 1. The second kappa shape index (κ2) is 10.6. The van der Waals surface area contributed by atoms with Gasteiger partial charge in [-0.3, -0.25) is 14.6 Å². The van der Waals surface area contributed by atoms with Gasteiger partial charge in [0.05, 0.1) is 18.2 Å². The van der Waals surface area contributed by atoms with E-state index in [4.69, 9.17) is 4.74 Å². The number of urea groups is 1. The summed E-state index contributed by atoms with van der Waals surface area (Å²) in [6.07, 6.45) is 3.64. The van der Waals surface area contributed by atoms with Gasteiger partial charge in [0.1, 0.15) is 0 Å². The molecule has 1 aromatic carbocycles. The summed E-state index contributed by atoms with van der Waals surface area (Å²) in [6.45, 7) is 12.6. The van der Waals surface area contributed by atoms with Gasteiger partial charge >= 0.3 is 12.0 Å². The second-order valence-corrected chi connectivity index (χ2v) is 9.67. The van der Waals surface area contributed by atoms with Gasteiger partial charge in [0.2, 0.25) is 5.91 Å². The van der Waals surface area contributed by atoms with Crippen LogP contribution in [0.1, 0.15) is 43.9 Å². The molecule has 3 aliphatic rings. The lowest BCUT2D eigenvalue weighted by molar-refractivity contribution is -0.139. The molecule has 2 heterocycles. The van der Waals surface area contributed by atoms with Crippen LogP contribution in [0, 0.1) is 12.8 Å². The summed E-state index contributed by atoms with van der Waals surface area (Å²) in [7, 11) is 0. The Hall–Kier alpha value is -3.13. The van der Waals surface area contributed by atoms with Crippen molar-refractivity contribution in [2.24, 2.45) is 5.92 Å². The third kappa shape index (κ3) is 5.42. The lowest BCUT2D eigenvalue weighted by Crippen LogP contribution is -2.56. The van der Waals surface area contributed by atoms with E-state index >= 15 is 0 Å². The fourth-order valence-corrected chi connectivity index (χ4v) is 5.03. The van der Waals surface area contributed by atoms with Gasteiger partial charge in [0, 0.05) is 50.4 Å². The molecule has 1 saturated heterocycles. The predicted molar refractivity (Wildman–Crippen MR) is 133 cm³/mol. The van der Waals surface area contributed by atoms with Gasteiger partial charge in [0.15, 0.2) is 0 Å². The fraction of sp³-hybridized carbons (Fsp3) is 0.519. The maximum atomic E-state index is 13.3. The zero-order chi connectivity index (χ0) is 25.1. The van der Waals surface area contributed by atoms with E-state index in [1.165, 1.54) is 0 Å². The number of benzene rings is 1. The van der Waals surface area contributed by atoms with Gasteiger partial charge in [-0.05, 0) is 39.2 Å². The zero-order valence-electron chi connectivity index (χ0n) is 21.0. The molecule has 2 aliphatic heterocycles. The second-order valence-electron chi connectivity index (χ2n) is 9.67. The summed E-state index contributed by atoms with van der Waals surface area (Å²) in [5, 5.41) is 3.01. The molecule has 2 unspecified atom stereocenters. The van der Waals surface area contributed by atoms with Crippen LogP contribution in [-0.2, 0) is 14.3 Å². The molecule has 1 N–H and O–H groups in total. The quantitative estimate of drug-likeness (QED) is 0.457. The van der Waals surface area contributed by atoms with Crippen molar-refractivity contribution in [1.29, 1.82) is 0 Å². The number of ether oxygens (including phenoxy) is 1. The monoisotopic (exact) mass is 480 g/mol. The number of rotatable bonds is 8. The van der Waals surface area contributed by atoms with Crippen molar-refractivity contribution in [2.45, 2.75) is 45.7 Å². The first kappa shape index (κ1) is 25.0. The number of carbonyl (C=O) groups is 3. The normalized spacial score (nSPS) is 23.2. The molecule has 2 fully saturated rings. The molecule has 1 saturated carbocycles. The smallest absolute Gasteiger partial charge is 0.338 e. The summed E-state index contributed by atoms with van der Waals surface area (Å²) in [6, 6.07) is 7.01. The third-order valence-electron chi connectivity index (χ3n) is 6.92. The van der Waals surface area contributed by atoms with Crippen LogP contribution < -0.4 is 5.32 Å². The van der Waals surface area contributed by atoms with Crippen molar-refractivity contribution in [1.82, 2.24) is 20.0 Å². The summed E-state index contributed by atoms with van der Waals surface area (Å²) in [5.41, 5.74) is 2.96. The van der Waals surface area contributed by atoms with Crippen molar-refractivity contribution < 1.29 is 19.1 Å². The van der Waals surface area contributed by atoms with Crippen LogP contribution in [-0.4, -0.2) is 78.0 Å². The molecule has 1 aromatic rings. The SMILES string of the molecule is C=CCN1C(=O)NC(c2cccc(C)c2)C(C(=O)OCC)=C1CN1CCN(C(=O)C2CC2)C(C)C1. The number of nitrogens with one attached hydrogen (secondary N) is 1. The van der Waals surface area contributed by atoms with Gasteiger partial charge < -0.3 is 15.0 Å². The highest BCUT2D eigenvalue weighted by molar-refractivity contribution is 5.95. The van der Waals surface area contributed by atoms with Crippen molar-refractivity contribution in [2.75, 3.05) is 39.3 Å². The maximum absolute atomic E-state index is 13.3. The number of hydrogen-bond donors (Lipinski definition) is 1. The van der Waals surface area contributed by atoms with Crippen LogP contribution in [0.2, 0.25) is 0 Å². The highest BCUT2D eigenvalue weighted by atomic mass is 16.5. The first-order chi connectivity index (χ1) is 16.8. The Balaban J connectivity index is 1.68. The Bertz CT molecular complexity index is 1030. The number of piperazine rings is 1. The van der Waals surface area contributed by atoms with Crippen LogP contribution in [0.25, 0.3) is 0 Å². The average molecular weight is 481 g/mol. The maximum Gasteiger partial charge on any atom is 0.338 e. The molecular weight excluding hydrogens is 444 g/mol. The largest absolute Gasteiger partial charge is 0.463 e. The number of amides is 3. The third-order valence-corrected chi connectivity index (χ3v) is 6.92. The predicted octanol–water partition coefficient (Wildman–Crippen LogP) is 3.01. The minimum absolute atomic E-state index is 0.0707. The molecule has 0 bridgehead atoms. The van der Waals surface area contributed by atoms with Crippen LogP contribution in [0.3, 0.4) is 0 Å². The fourth-order valence-electron chi connectivity index (χ4n) is 5.03. The number of hydrogen-bond acceptors (Lipinski definition) is 5. The van der Waals surface area contributed by atoms with E-state index in [0.717, 1.165) is 24.0 Å².